The van der Waals surface area contributed by atoms with Gasteiger partial charge in [0.05, 0.1) is 5.92 Å². The van der Waals surface area contributed by atoms with Crippen LogP contribution in [0.3, 0.4) is 0 Å². The normalized spacial score (nSPS) is 25.6. The number of amides is 1. The number of alkyl halides is 3. The quantitative estimate of drug-likeness (QED) is 0.572. The average Bonchev–Trinajstić information content (AvgIpc) is 2.35. The molecule has 0 heterocycles. The van der Waals surface area contributed by atoms with Gasteiger partial charge in [0.15, 0.2) is 0 Å². The van der Waals surface area contributed by atoms with Crippen molar-refractivity contribution in [2.75, 3.05) is 6.61 Å². The molecule has 1 fully saturated rings. The van der Waals surface area contributed by atoms with E-state index in [0.717, 1.165) is 0 Å². The first-order valence-electron chi connectivity index (χ1n) is 7.36. The molecular weight excluding hydrogens is 367 g/mol. The van der Waals surface area contributed by atoms with Crippen LogP contribution < -0.4 is 11.1 Å². The fourth-order valence-corrected chi connectivity index (χ4v) is 2.47. The summed E-state index contributed by atoms with van der Waals surface area (Å²) in [5.41, 5.74) is 5.41. The molecule has 0 radical (unpaired) electrons. The minimum atomic E-state index is -1.64. The number of nitrogens with one attached hydrogen (secondary N) is 1. The molecule has 1 aliphatic carbocycles. The van der Waals surface area contributed by atoms with E-state index in [4.69, 9.17) is 50.0 Å². The molecular formula is C14H23Cl3N2O4. The van der Waals surface area contributed by atoms with Crippen LogP contribution in [0.2, 0.25) is 0 Å². The molecule has 0 aliphatic heterocycles. The summed E-state index contributed by atoms with van der Waals surface area (Å²) >= 11 is 16.7. The molecule has 1 saturated carbocycles. The molecule has 0 bridgehead atoms. The standard InChI is InChI=1S/C14H23Cl3N2O4/c1-13(2,3)23-12(21)19-10-6-8(4-5-9(10)18)11(20)22-7-14(15,16)17/h8-10H,4-7,18H2,1-3H3,(H,19,21)/t8-,9-,10+/m0/s1. The smallest absolute Gasteiger partial charge is 0.407 e. The van der Waals surface area contributed by atoms with Gasteiger partial charge in [0.25, 0.3) is 0 Å². The second-order valence-electron chi connectivity index (χ2n) is 6.65. The van der Waals surface area contributed by atoms with Gasteiger partial charge in [-0.25, -0.2) is 4.79 Å². The molecule has 0 aromatic rings. The summed E-state index contributed by atoms with van der Waals surface area (Å²) in [5.74, 6) is -0.860. The van der Waals surface area contributed by atoms with Gasteiger partial charge in [-0.2, -0.15) is 0 Å². The molecule has 0 saturated heterocycles. The molecule has 0 spiro atoms. The van der Waals surface area contributed by atoms with Crippen molar-refractivity contribution in [2.24, 2.45) is 11.7 Å². The molecule has 1 aliphatic rings. The number of hydrogen-bond acceptors (Lipinski definition) is 5. The number of carbonyl (C=O) groups is 2. The zero-order valence-electron chi connectivity index (χ0n) is 13.4. The van der Waals surface area contributed by atoms with E-state index in [0.29, 0.717) is 19.3 Å². The maximum absolute atomic E-state index is 12.0. The van der Waals surface area contributed by atoms with Crippen molar-refractivity contribution < 1.29 is 19.1 Å². The van der Waals surface area contributed by atoms with Gasteiger partial charge in [-0.3, -0.25) is 4.79 Å². The summed E-state index contributed by atoms with van der Waals surface area (Å²) in [6.07, 6.45) is 0.938. The van der Waals surface area contributed by atoms with Crippen molar-refractivity contribution in [3.63, 3.8) is 0 Å². The Bertz CT molecular complexity index is 435. The molecule has 1 rings (SSSR count). The Morgan fingerprint density at radius 1 is 1.22 bits per heavy atom. The summed E-state index contributed by atoms with van der Waals surface area (Å²) in [6, 6.07) is -0.622. The second-order valence-corrected chi connectivity index (χ2v) is 9.17. The zero-order valence-corrected chi connectivity index (χ0v) is 15.7. The number of nitrogens with two attached hydrogens (primary N) is 1. The predicted molar refractivity (Wildman–Crippen MR) is 89.7 cm³/mol. The third kappa shape index (κ3) is 8.29. The number of esters is 1. The van der Waals surface area contributed by atoms with Crippen LogP contribution in [0.5, 0.6) is 0 Å². The Labute approximate surface area is 151 Å². The number of alkyl carbamates (subject to hydrolysis) is 1. The van der Waals surface area contributed by atoms with Crippen molar-refractivity contribution in [2.45, 2.75) is 61.5 Å². The molecule has 9 heteroatoms. The van der Waals surface area contributed by atoms with E-state index in [9.17, 15) is 9.59 Å². The Balaban J connectivity index is 2.55. The fourth-order valence-electron chi connectivity index (χ4n) is 2.30. The molecule has 0 aromatic heterocycles. The summed E-state index contributed by atoms with van der Waals surface area (Å²) in [4.78, 5) is 23.9. The van der Waals surface area contributed by atoms with E-state index in [1.165, 1.54) is 0 Å². The number of ether oxygens (including phenoxy) is 2. The largest absolute Gasteiger partial charge is 0.461 e. The van der Waals surface area contributed by atoms with Gasteiger partial charge in [0.2, 0.25) is 3.79 Å². The highest BCUT2D eigenvalue weighted by atomic mass is 35.6. The van der Waals surface area contributed by atoms with Crippen molar-refractivity contribution in [3.8, 4) is 0 Å². The monoisotopic (exact) mass is 388 g/mol. The van der Waals surface area contributed by atoms with Crippen molar-refractivity contribution in [1.82, 2.24) is 5.32 Å². The summed E-state index contributed by atoms with van der Waals surface area (Å²) in [7, 11) is 0. The van der Waals surface area contributed by atoms with E-state index in [1.807, 2.05) is 0 Å². The number of halogens is 3. The summed E-state index contributed by atoms with van der Waals surface area (Å²) in [6.45, 7) is 4.99. The van der Waals surface area contributed by atoms with E-state index in [2.05, 4.69) is 5.32 Å². The lowest BCUT2D eigenvalue weighted by atomic mass is 9.83. The minimum absolute atomic E-state index is 0.250. The molecule has 0 unspecified atom stereocenters. The molecule has 0 aromatic carbocycles. The SMILES string of the molecule is CC(C)(C)OC(=O)N[C@@H]1C[C@@H](C(=O)OCC(Cl)(Cl)Cl)CC[C@@H]1N. The number of rotatable bonds is 3. The topological polar surface area (TPSA) is 90.6 Å². The van der Waals surface area contributed by atoms with Gasteiger partial charge in [-0.1, -0.05) is 34.8 Å². The molecule has 3 atom stereocenters. The van der Waals surface area contributed by atoms with E-state index >= 15 is 0 Å². The lowest BCUT2D eigenvalue weighted by molar-refractivity contribution is -0.149. The fraction of sp³-hybridized carbons (Fsp3) is 0.857. The summed E-state index contributed by atoms with van der Waals surface area (Å²) < 4.78 is 8.55. The third-order valence-corrected chi connectivity index (χ3v) is 3.64. The van der Waals surface area contributed by atoms with Gasteiger partial charge in [0, 0.05) is 12.1 Å². The van der Waals surface area contributed by atoms with E-state index in [-0.39, 0.29) is 18.7 Å². The maximum Gasteiger partial charge on any atom is 0.407 e. The first kappa shape index (κ1) is 20.6. The maximum atomic E-state index is 12.0. The van der Waals surface area contributed by atoms with Crippen LogP contribution in [0.25, 0.3) is 0 Å². The van der Waals surface area contributed by atoms with Gasteiger partial charge in [-0.05, 0) is 40.0 Å². The van der Waals surface area contributed by atoms with Crippen LogP contribution >= 0.6 is 34.8 Å². The molecule has 3 N–H and O–H groups in total. The first-order valence-corrected chi connectivity index (χ1v) is 8.49. The van der Waals surface area contributed by atoms with E-state index in [1.54, 1.807) is 20.8 Å². The zero-order chi connectivity index (χ0) is 17.8. The predicted octanol–water partition coefficient (Wildman–Crippen LogP) is 2.92. The molecule has 134 valence electrons. The van der Waals surface area contributed by atoms with Gasteiger partial charge in [0.1, 0.15) is 12.2 Å². The lowest BCUT2D eigenvalue weighted by Gasteiger charge is -2.34. The van der Waals surface area contributed by atoms with Crippen molar-refractivity contribution >= 4 is 46.9 Å². The first-order chi connectivity index (χ1) is 10.4. The van der Waals surface area contributed by atoms with Gasteiger partial charge >= 0.3 is 12.1 Å². The lowest BCUT2D eigenvalue weighted by Crippen LogP contribution is -2.53. The summed E-state index contributed by atoms with van der Waals surface area (Å²) in [5, 5.41) is 2.71. The molecule has 6 nitrogen and oxygen atoms in total. The number of hydrogen-bond donors (Lipinski definition) is 2. The average molecular weight is 390 g/mol. The van der Waals surface area contributed by atoms with Crippen LogP contribution in [0.1, 0.15) is 40.0 Å². The van der Waals surface area contributed by atoms with Crippen LogP contribution in [0.15, 0.2) is 0 Å². The van der Waals surface area contributed by atoms with E-state index < -0.39 is 27.4 Å². The van der Waals surface area contributed by atoms with Gasteiger partial charge in [-0.15, -0.1) is 0 Å². The highest BCUT2D eigenvalue weighted by Gasteiger charge is 2.35. The van der Waals surface area contributed by atoms with Crippen LogP contribution in [0.4, 0.5) is 4.79 Å². The van der Waals surface area contributed by atoms with Gasteiger partial charge < -0.3 is 20.5 Å². The number of carbonyl (C=O) groups excluding carboxylic acids is 2. The molecule has 1 amide bonds. The Kier molecular flexibility index (Phi) is 7.26. The molecule has 23 heavy (non-hydrogen) atoms. The highest BCUT2D eigenvalue weighted by molar-refractivity contribution is 6.67. The Morgan fingerprint density at radius 2 is 1.83 bits per heavy atom. The van der Waals surface area contributed by atoms with Crippen LogP contribution in [-0.4, -0.2) is 40.1 Å². The minimum Gasteiger partial charge on any atom is -0.461 e. The highest BCUT2D eigenvalue weighted by Crippen LogP contribution is 2.29. The van der Waals surface area contributed by atoms with Crippen LogP contribution in [-0.2, 0) is 14.3 Å². The Morgan fingerprint density at radius 3 is 2.35 bits per heavy atom. The van der Waals surface area contributed by atoms with Crippen molar-refractivity contribution in [1.29, 1.82) is 0 Å². The second kappa shape index (κ2) is 8.10. The van der Waals surface area contributed by atoms with Crippen LogP contribution in [0, 0.1) is 5.92 Å². The van der Waals surface area contributed by atoms with Crippen molar-refractivity contribution in [3.05, 3.63) is 0 Å². The Hall–Kier alpha value is -0.430. The third-order valence-electron chi connectivity index (χ3n) is 3.32.